The van der Waals surface area contributed by atoms with Gasteiger partial charge in [-0.05, 0) is 24.3 Å². The van der Waals surface area contributed by atoms with Crippen molar-refractivity contribution in [3.05, 3.63) is 46.7 Å². The Labute approximate surface area is 126 Å². The van der Waals surface area contributed by atoms with Gasteiger partial charge in [-0.25, -0.2) is 14.8 Å². The SMILES string of the molecule is O=C(O)c1cc(Cl)nc(Sc2ccc(C(F)(F)F)cn2)c1. The molecule has 0 unspecified atom stereocenters. The van der Waals surface area contributed by atoms with Crippen molar-refractivity contribution in [3.8, 4) is 0 Å². The van der Waals surface area contributed by atoms with E-state index in [-0.39, 0.29) is 20.8 Å². The lowest BCUT2D eigenvalue weighted by atomic mass is 10.3. The second-order valence-corrected chi connectivity index (χ2v) is 5.23. The van der Waals surface area contributed by atoms with E-state index >= 15 is 0 Å². The minimum atomic E-state index is -4.46. The van der Waals surface area contributed by atoms with Crippen molar-refractivity contribution in [1.82, 2.24) is 9.97 Å². The molecule has 2 heterocycles. The lowest BCUT2D eigenvalue weighted by molar-refractivity contribution is -0.137. The summed E-state index contributed by atoms with van der Waals surface area (Å²) in [6.07, 6.45) is -3.76. The summed E-state index contributed by atoms with van der Waals surface area (Å²) in [5.74, 6) is -1.18. The number of alkyl halides is 3. The predicted octanol–water partition coefficient (Wildman–Crippen LogP) is 4.00. The molecule has 0 aromatic carbocycles. The van der Waals surface area contributed by atoms with Crippen molar-refractivity contribution >= 4 is 29.3 Å². The first-order valence-electron chi connectivity index (χ1n) is 5.37. The standard InChI is InChI=1S/C12H6ClF3N2O2S/c13-8-3-6(11(19)20)4-10(18-8)21-9-2-1-7(5-17-9)12(14,15)16/h1-5H,(H,19,20). The van der Waals surface area contributed by atoms with Crippen LogP contribution >= 0.6 is 23.4 Å². The maximum absolute atomic E-state index is 12.4. The first kappa shape index (κ1) is 15.6. The highest BCUT2D eigenvalue weighted by Crippen LogP contribution is 2.31. The molecule has 0 aliphatic heterocycles. The van der Waals surface area contributed by atoms with E-state index in [2.05, 4.69) is 9.97 Å². The monoisotopic (exact) mass is 334 g/mol. The van der Waals surface area contributed by atoms with Gasteiger partial charge >= 0.3 is 12.1 Å². The van der Waals surface area contributed by atoms with Gasteiger partial charge in [0.1, 0.15) is 15.2 Å². The van der Waals surface area contributed by atoms with Crippen LogP contribution in [0.4, 0.5) is 13.2 Å². The molecule has 0 atom stereocenters. The van der Waals surface area contributed by atoms with E-state index < -0.39 is 17.7 Å². The molecule has 0 amide bonds. The quantitative estimate of drug-likeness (QED) is 0.860. The molecule has 2 aromatic rings. The van der Waals surface area contributed by atoms with Gasteiger partial charge in [-0.1, -0.05) is 23.4 Å². The van der Waals surface area contributed by atoms with E-state index in [0.29, 0.717) is 6.20 Å². The van der Waals surface area contributed by atoms with Crippen LogP contribution in [0.2, 0.25) is 5.15 Å². The zero-order valence-electron chi connectivity index (χ0n) is 10.1. The number of aromatic nitrogens is 2. The van der Waals surface area contributed by atoms with Gasteiger partial charge < -0.3 is 5.11 Å². The molecule has 0 aliphatic rings. The van der Waals surface area contributed by atoms with Crippen LogP contribution in [0.5, 0.6) is 0 Å². The lowest BCUT2D eigenvalue weighted by Gasteiger charge is -2.07. The topological polar surface area (TPSA) is 63.1 Å². The summed E-state index contributed by atoms with van der Waals surface area (Å²) in [5, 5.41) is 9.34. The van der Waals surface area contributed by atoms with Crippen LogP contribution in [0.1, 0.15) is 15.9 Å². The Balaban J connectivity index is 2.24. The van der Waals surface area contributed by atoms with E-state index in [1.807, 2.05) is 0 Å². The third kappa shape index (κ3) is 4.08. The average molecular weight is 335 g/mol. The maximum atomic E-state index is 12.4. The second-order valence-electron chi connectivity index (χ2n) is 3.81. The van der Waals surface area contributed by atoms with Gasteiger partial charge in [0.15, 0.2) is 0 Å². The number of hydrogen-bond acceptors (Lipinski definition) is 4. The highest BCUT2D eigenvalue weighted by Gasteiger charge is 2.30. The average Bonchev–Trinajstić information content (AvgIpc) is 2.37. The first-order chi connectivity index (χ1) is 9.75. The van der Waals surface area contributed by atoms with Crippen molar-refractivity contribution in [3.63, 3.8) is 0 Å². The molecular weight excluding hydrogens is 329 g/mol. The fraction of sp³-hybridized carbons (Fsp3) is 0.0833. The largest absolute Gasteiger partial charge is 0.478 e. The molecule has 0 fully saturated rings. The molecule has 2 rings (SSSR count). The first-order valence-corrected chi connectivity index (χ1v) is 6.57. The Morgan fingerprint density at radius 2 is 1.95 bits per heavy atom. The van der Waals surface area contributed by atoms with Gasteiger partial charge in [0, 0.05) is 6.20 Å². The Hall–Kier alpha value is -1.80. The number of carbonyl (C=O) groups is 1. The smallest absolute Gasteiger partial charge is 0.417 e. The van der Waals surface area contributed by atoms with E-state index in [4.69, 9.17) is 16.7 Å². The zero-order valence-corrected chi connectivity index (χ0v) is 11.6. The Morgan fingerprint density at radius 1 is 1.24 bits per heavy atom. The van der Waals surface area contributed by atoms with Crippen molar-refractivity contribution < 1.29 is 23.1 Å². The lowest BCUT2D eigenvalue weighted by Crippen LogP contribution is -2.05. The third-order valence-corrected chi connectivity index (χ3v) is 3.35. The van der Waals surface area contributed by atoms with Gasteiger partial charge in [0.05, 0.1) is 11.1 Å². The Morgan fingerprint density at radius 3 is 2.48 bits per heavy atom. The fourth-order valence-corrected chi connectivity index (χ4v) is 2.41. The van der Waals surface area contributed by atoms with Gasteiger partial charge in [0.2, 0.25) is 0 Å². The molecule has 21 heavy (non-hydrogen) atoms. The summed E-state index contributed by atoms with van der Waals surface area (Å²) in [6.45, 7) is 0. The van der Waals surface area contributed by atoms with Crippen LogP contribution in [0, 0.1) is 0 Å². The van der Waals surface area contributed by atoms with Crippen LogP contribution in [-0.2, 0) is 6.18 Å². The molecule has 0 spiro atoms. The summed E-state index contributed by atoms with van der Waals surface area (Å²) < 4.78 is 37.2. The van der Waals surface area contributed by atoms with E-state index in [9.17, 15) is 18.0 Å². The molecule has 4 nitrogen and oxygen atoms in total. The zero-order chi connectivity index (χ0) is 15.6. The minimum absolute atomic E-state index is 0.0238. The highest BCUT2D eigenvalue weighted by atomic mass is 35.5. The van der Waals surface area contributed by atoms with E-state index in [1.54, 1.807) is 0 Å². The molecular formula is C12H6ClF3N2O2S. The number of halogens is 4. The number of nitrogens with zero attached hydrogens (tertiary/aromatic N) is 2. The van der Waals surface area contributed by atoms with Gasteiger partial charge in [-0.3, -0.25) is 0 Å². The molecule has 1 N–H and O–H groups in total. The Bertz CT molecular complexity index is 677. The van der Waals surface area contributed by atoms with Crippen LogP contribution in [0.3, 0.4) is 0 Å². The van der Waals surface area contributed by atoms with Crippen molar-refractivity contribution in [2.75, 3.05) is 0 Å². The third-order valence-electron chi connectivity index (χ3n) is 2.29. The minimum Gasteiger partial charge on any atom is -0.478 e. The molecule has 0 saturated carbocycles. The number of carboxylic acid groups (broad SMARTS) is 1. The predicted molar refractivity (Wildman–Crippen MR) is 69.6 cm³/mol. The second kappa shape index (κ2) is 5.90. The Kier molecular flexibility index (Phi) is 4.38. The van der Waals surface area contributed by atoms with Gasteiger partial charge in [0.25, 0.3) is 0 Å². The number of pyridine rings is 2. The normalized spacial score (nSPS) is 11.4. The van der Waals surface area contributed by atoms with Crippen LogP contribution in [0.15, 0.2) is 40.5 Å². The van der Waals surface area contributed by atoms with Crippen molar-refractivity contribution in [1.29, 1.82) is 0 Å². The number of hydrogen-bond donors (Lipinski definition) is 1. The van der Waals surface area contributed by atoms with Gasteiger partial charge in [-0.15, -0.1) is 0 Å². The van der Waals surface area contributed by atoms with Crippen LogP contribution in [0.25, 0.3) is 0 Å². The molecule has 0 radical (unpaired) electrons. The molecule has 0 bridgehead atoms. The molecule has 0 aliphatic carbocycles. The van der Waals surface area contributed by atoms with Gasteiger partial charge in [-0.2, -0.15) is 13.2 Å². The molecule has 9 heteroatoms. The number of rotatable bonds is 3. The fourth-order valence-electron chi connectivity index (χ4n) is 1.36. The van der Waals surface area contributed by atoms with E-state index in [1.165, 1.54) is 18.2 Å². The van der Waals surface area contributed by atoms with Crippen molar-refractivity contribution in [2.45, 2.75) is 16.2 Å². The number of carboxylic acids is 1. The summed E-state index contributed by atoms with van der Waals surface area (Å²) in [4.78, 5) is 18.4. The summed E-state index contributed by atoms with van der Waals surface area (Å²) in [7, 11) is 0. The molecule has 110 valence electrons. The summed E-state index contributed by atoms with van der Waals surface area (Å²) in [5.41, 5.74) is -0.929. The summed E-state index contributed by atoms with van der Waals surface area (Å²) in [6, 6.07) is 4.50. The maximum Gasteiger partial charge on any atom is 0.417 e. The summed E-state index contributed by atoms with van der Waals surface area (Å²) >= 11 is 6.60. The van der Waals surface area contributed by atoms with Crippen LogP contribution in [-0.4, -0.2) is 21.0 Å². The van der Waals surface area contributed by atoms with Crippen molar-refractivity contribution in [2.24, 2.45) is 0 Å². The highest BCUT2D eigenvalue weighted by molar-refractivity contribution is 7.99. The van der Waals surface area contributed by atoms with Crippen LogP contribution < -0.4 is 0 Å². The molecule has 2 aromatic heterocycles. The molecule has 0 saturated heterocycles. The number of aromatic carboxylic acids is 1. The van der Waals surface area contributed by atoms with E-state index in [0.717, 1.165) is 17.8 Å².